The van der Waals surface area contributed by atoms with Crippen molar-refractivity contribution in [2.24, 2.45) is 0 Å². The molecule has 1 amide bonds. The van der Waals surface area contributed by atoms with Crippen molar-refractivity contribution in [3.8, 4) is 11.3 Å². The second kappa shape index (κ2) is 9.26. The van der Waals surface area contributed by atoms with Crippen LogP contribution in [-0.2, 0) is 17.9 Å². The number of anilines is 1. The Balaban J connectivity index is 1.30. The average molecular weight is 466 g/mol. The lowest BCUT2D eigenvalue weighted by Gasteiger charge is -2.10. The van der Waals surface area contributed by atoms with Gasteiger partial charge in [0.2, 0.25) is 5.91 Å². The van der Waals surface area contributed by atoms with Crippen molar-refractivity contribution in [1.29, 1.82) is 0 Å². The fourth-order valence-electron chi connectivity index (χ4n) is 3.89. The molecule has 0 atom stereocenters. The van der Waals surface area contributed by atoms with Crippen molar-refractivity contribution in [2.45, 2.75) is 20.0 Å². The van der Waals surface area contributed by atoms with Crippen LogP contribution in [0, 0.1) is 6.92 Å². The molecule has 5 aromatic rings. The summed E-state index contributed by atoms with van der Waals surface area (Å²) >= 11 is 0. The predicted octanol–water partition coefficient (Wildman–Crippen LogP) is 3.32. The van der Waals surface area contributed by atoms with Crippen molar-refractivity contribution in [3.05, 3.63) is 123 Å². The highest BCUT2D eigenvalue weighted by molar-refractivity contribution is 5.90. The van der Waals surface area contributed by atoms with Crippen LogP contribution in [0.3, 0.4) is 0 Å². The van der Waals surface area contributed by atoms with Gasteiger partial charge in [0.1, 0.15) is 12.2 Å². The zero-order valence-electron chi connectivity index (χ0n) is 19.1. The fraction of sp³-hybridized carbons (Fsp3) is 0.111. The number of nitrogens with zero attached hydrogens (tertiary/aromatic N) is 4. The van der Waals surface area contributed by atoms with Gasteiger partial charge in [0, 0.05) is 35.9 Å². The SMILES string of the molecule is Cc1ccn2cc(-c3ccc(NC(=O)Cn4c(=O)ccn(Cc5ccccc5)c4=O)cc3)nc2c1. The van der Waals surface area contributed by atoms with E-state index in [9.17, 15) is 14.4 Å². The van der Waals surface area contributed by atoms with Crippen molar-refractivity contribution in [3.63, 3.8) is 0 Å². The molecule has 35 heavy (non-hydrogen) atoms. The number of pyridine rings is 1. The summed E-state index contributed by atoms with van der Waals surface area (Å²) in [5.74, 6) is -0.461. The molecule has 174 valence electrons. The van der Waals surface area contributed by atoms with Gasteiger partial charge < -0.3 is 9.72 Å². The topological polar surface area (TPSA) is 90.4 Å². The number of aromatic nitrogens is 4. The van der Waals surface area contributed by atoms with E-state index in [1.54, 1.807) is 12.1 Å². The monoisotopic (exact) mass is 465 g/mol. The Morgan fingerprint density at radius 1 is 0.943 bits per heavy atom. The summed E-state index contributed by atoms with van der Waals surface area (Å²) in [6, 6.07) is 22.0. The molecule has 3 aromatic heterocycles. The van der Waals surface area contributed by atoms with E-state index in [0.717, 1.165) is 32.6 Å². The molecule has 0 aliphatic carbocycles. The summed E-state index contributed by atoms with van der Waals surface area (Å²) in [6.45, 7) is 1.96. The number of hydrogen-bond donors (Lipinski definition) is 1. The van der Waals surface area contributed by atoms with E-state index >= 15 is 0 Å². The zero-order valence-corrected chi connectivity index (χ0v) is 19.1. The molecular formula is C27H23N5O3. The van der Waals surface area contributed by atoms with Gasteiger partial charge in [-0.15, -0.1) is 0 Å². The number of rotatable bonds is 6. The number of nitrogens with one attached hydrogen (secondary N) is 1. The standard InChI is InChI=1S/C27H23N5O3/c1-19-11-13-30-17-23(29-24(30)15-19)21-7-9-22(10-8-21)28-25(33)18-32-26(34)12-14-31(27(32)35)16-20-5-3-2-4-6-20/h2-15,17H,16,18H2,1H3,(H,28,33). The number of imidazole rings is 1. The molecule has 1 N–H and O–H groups in total. The van der Waals surface area contributed by atoms with Crippen LogP contribution in [0.25, 0.3) is 16.9 Å². The fourth-order valence-corrected chi connectivity index (χ4v) is 3.89. The molecular weight excluding hydrogens is 442 g/mol. The molecule has 2 aromatic carbocycles. The van der Waals surface area contributed by atoms with Crippen molar-refractivity contribution in [1.82, 2.24) is 18.5 Å². The minimum atomic E-state index is -0.533. The lowest BCUT2D eigenvalue weighted by Crippen LogP contribution is -2.41. The van der Waals surface area contributed by atoms with E-state index in [-0.39, 0.29) is 6.54 Å². The van der Waals surface area contributed by atoms with Crippen LogP contribution in [0.2, 0.25) is 0 Å². The first-order valence-electron chi connectivity index (χ1n) is 11.2. The van der Waals surface area contributed by atoms with Crippen molar-refractivity contribution in [2.75, 3.05) is 5.32 Å². The Morgan fingerprint density at radius 3 is 2.49 bits per heavy atom. The summed E-state index contributed by atoms with van der Waals surface area (Å²) < 4.78 is 4.31. The average Bonchev–Trinajstić information content (AvgIpc) is 3.28. The second-order valence-corrected chi connectivity index (χ2v) is 8.36. The molecule has 0 aliphatic rings. The maximum absolute atomic E-state index is 12.8. The summed E-state index contributed by atoms with van der Waals surface area (Å²) in [5.41, 5.74) is 4.16. The van der Waals surface area contributed by atoms with Crippen LogP contribution >= 0.6 is 0 Å². The number of carbonyl (C=O) groups is 1. The molecule has 0 fully saturated rings. The number of aryl methyl sites for hydroxylation is 1. The Morgan fingerprint density at radius 2 is 1.71 bits per heavy atom. The van der Waals surface area contributed by atoms with Crippen LogP contribution in [0.15, 0.2) is 101 Å². The maximum atomic E-state index is 12.8. The van der Waals surface area contributed by atoms with Gasteiger partial charge in [-0.3, -0.25) is 18.7 Å². The van der Waals surface area contributed by atoms with Crippen LogP contribution in [0.1, 0.15) is 11.1 Å². The number of fused-ring (bicyclic) bond motifs is 1. The Labute approximate surface area is 200 Å². The Hall–Kier alpha value is -4.72. The lowest BCUT2D eigenvalue weighted by atomic mass is 10.1. The van der Waals surface area contributed by atoms with Gasteiger partial charge >= 0.3 is 5.69 Å². The summed E-state index contributed by atoms with van der Waals surface area (Å²) in [6.07, 6.45) is 5.37. The van der Waals surface area contributed by atoms with Gasteiger partial charge in [-0.25, -0.2) is 9.78 Å². The van der Waals surface area contributed by atoms with Crippen molar-refractivity contribution >= 4 is 17.2 Å². The highest BCUT2D eigenvalue weighted by atomic mass is 16.2. The van der Waals surface area contributed by atoms with E-state index in [0.29, 0.717) is 12.2 Å². The van der Waals surface area contributed by atoms with E-state index in [1.165, 1.54) is 16.8 Å². The van der Waals surface area contributed by atoms with Gasteiger partial charge in [-0.2, -0.15) is 0 Å². The molecule has 0 spiro atoms. The van der Waals surface area contributed by atoms with E-state index in [4.69, 9.17) is 0 Å². The van der Waals surface area contributed by atoms with Crippen LogP contribution < -0.4 is 16.6 Å². The smallest absolute Gasteiger partial charge is 0.325 e. The van der Waals surface area contributed by atoms with Crippen molar-refractivity contribution < 1.29 is 4.79 Å². The predicted molar refractivity (Wildman–Crippen MR) is 135 cm³/mol. The van der Waals surface area contributed by atoms with E-state index < -0.39 is 17.2 Å². The minimum Gasteiger partial charge on any atom is -0.325 e. The summed E-state index contributed by atoms with van der Waals surface area (Å²) in [7, 11) is 0. The van der Waals surface area contributed by atoms with Crippen LogP contribution in [0.5, 0.6) is 0 Å². The van der Waals surface area contributed by atoms with Gasteiger partial charge in [-0.05, 0) is 42.3 Å². The highest BCUT2D eigenvalue weighted by Gasteiger charge is 2.11. The highest BCUT2D eigenvalue weighted by Crippen LogP contribution is 2.21. The molecule has 8 nitrogen and oxygen atoms in total. The molecule has 0 saturated heterocycles. The molecule has 3 heterocycles. The molecule has 8 heteroatoms. The number of amides is 1. The first-order valence-corrected chi connectivity index (χ1v) is 11.2. The maximum Gasteiger partial charge on any atom is 0.331 e. The van der Waals surface area contributed by atoms with Crippen LogP contribution in [-0.4, -0.2) is 24.4 Å². The summed E-state index contributed by atoms with van der Waals surface area (Å²) in [5, 5.41) is 2.75. The zero-order chi connectivity index (χ0) is 24.4. The number of hydrogen-bond acceptors (Lipinski definition) is 4. The number of carbonyl (C=O) groups excluding carboxylic acids is 1. The normalized spacial score (nSPS) is 11.0. The summed E-state index contributed by atoms with van der Waals surface area (Å²) in [4.78, 5) is 42.4. The first-order chi connectivity index (χ1) is 17.0. The van der Waals surface area contributed by atoms with E-state index in [1.807, 2.05) is 78.3 Å². The third-order valence-electron chi connectivity index (χ3n) is 5.72. The lowest BCUT2D eigenvalue weighted by molar-refractivity contribution is -0.116. The molecule has 0 unspecified atom stereocenters. The Kier molecular flexibility index (Phi) is 5.85. The molecule has 0 saturated carbocycles. The van der Waals surface area contributed by atoms with Gasteiger partial charge in [0.05, 0.1) is 12.2 Å². The minimum absolute atomic E-state index is 0.311. The number of benzene rings is 2. The molecule has 0 radical (unpaired) electrons. The molecule has 0 aliphatic heterocycles. The quantitative estimate of drug-likeness (QED) is 0.417. The van der Waals surface area contributed by atoms with Gasteiger partial charge in [0.15, 0.2) is 0 Å². The molecule has 5 rings (SSSR count). The molecule has 0 bridgehead atoms. The largest absolute Gasteiger partial charge is 0.331 e. The second-order valence-electron chi connectivity index (χ2n) is 8.36. The van der Waals surface area contributed by atoms with Gasteiger partial charge in [0.25, 0.3) is 5.56 Å². The third-order valence-corrected chi connectivity index (χ3v) is 5.72. The van der Waals surface area contributed by atoms with Crippen LogP contribution in [0.4, 0.5) is 5.69 Å². The van der Waals surface area contributed by atoms with Gasteiger partial charge in [-0.1, -0.05) is 42.5 Å². The Bertz CT molecular complexity index is 1630. The van der Waals surface area contributed by atoms with E-state index in [2.05, 4.69) is 10.3 Å². The first kappa shape index (κ1) is 22.1. The third kappa shape index (κ3) is 4.81.